The molecule has 0 unspecified atom stereocenters. The lowest BCUT2D eigenvalue weighted by Crippen LogP contribution is -2.44. The van der Waals surface area contributed by atoms with Gasteiger partial charge in [0, 0.05) is 19.0 Å². The standard InChI is InChI=1S/C14H24N2O2/c17-13(15-12-7-4-5-8-12)11-16-10-6-2-1-3-9-14(16)18/h12H,1-11H2,(H,15,17). The molecule has 1 aliphatic heterocycles. The molecule has 2 rings (SSSR count). The molecule has 1 heterocycles. The Hall–Kier alpha value is -1.06. The van der Waals surface area contributed by atoms with Gasteiger partial charge in [-0.2, -0.15) is 0 Å². The van der Waals surface area contributed by atoms with Crippen LogP contribution >= 0.6 is 0 Å². The molecule has 0 bridgehead atoms. The molecule has 0 aromatic heterocycles. The molecular weight excluding hydrogens is 228 g/mol. The number of hydrogen-bond donors (Lipinski definition) is 1. The van der Waals surface area contributed by atoms with Crippen molar-refractivity contribution in [1.29, 1.82) is 0 Å². The first-order chi connectivity index (χ1) is 8.75. The summed E-state index contributed by atoms with van der Waals surface area (Å²) in [6.45, 7) is 1.01. The molecule has 4 heteroatoms. The quantitative estimate of drug-likeness (QED) is 0.833. The Labute approximate surface area is 109 Å². The topological polar surface area (TPSA) is 49.4 Å². The van der Waals surface area contributed by atoms with Gasteiger partial charge in [0.25, 0.3) is 0 Å². The van der Waals surface area contributed by atoms with Crippen molar-refractivity contribution in [2.45, 2.75) is 63.8 Å². The van der Waals surface area contributed by atoms with Gasteiger partial charge >= 0.3 is 0 Å². The Kier molecular flexibility index (Phi) is 5.02. The normalized spacial score (nSPS) is 22.7. The molecule has 0 spiro atoms. The molecule has 2 amide bonds. The maximum atomic E-state index is 11.9. The number of nitrogens with zero attached hydrogens (tertiary/aromatic N) is 1. The lowest BCUT2D eigenvalue weighted by atomic mass is 10.1. The zero-order valence-corrected chi connectivity index (χ0v) is 11.1. The Balaban J connectivity index is 1.78. The van der Waals surface area contributed by atoms with Crippen molar-refractivity contribution in [2.75, 3.05) is 13.1 Å². The van der Waals surface area contributed by atoms with Gasteiger partial charge < -0.3 is 10.2 Å². The van der Waals surface area contributed by atoms with Gasteiger partial charge in [0.1, 0.15) is 0 Å². The predicted molar refractivity (Wildman–Crippen MR) is 70.1 cm³/mol. The van der Waals surface area contributed by atoms with Crippen molar-refractivity contribution in [3.8, 4) is 0 Å². The summed E-state index contributed by atoms with van der Waals surface area (Å²) in [5, 5.41) is 3.05. The average Bonchev–Trinajstić information content (AvgIpc) is 2.81. The van der Waals surface area contributed by atoms with Gasteiger partial charge in [-0.1, -0.05) is 25.7 Å². The van der Waals surface area contributed by atoms with Crippen LogP contribution in [0, 0.1) is 0 Å². The molecule has 1 saturated heterocycles. The summed E-state index contributed by atoms with van der Waals surface area (Å²) >= 11 is 0. The molecule has 102 valence electrons. The first kappa shape index (κ1) is 13.4. The van der Waals surface area contributed by atoms with Gasteiger partial charge in [-0.15, -0.1) is 0 Å². The summed E-state index contributed by atoms with van der Waals surface area (Å²) in [4.78, 5) is 25.5. The third kappa shape index (κ3) is 4.00. The van der Waals surface area contributed by atoms with Crippen molar-refractivity contribution < 1.29 is 9.59 Å². The van der Waals surface area contributed by atoms with Crippen molar-refractivity contribution in [3.63, 3.8) is 0 Å². The molecule has 0 radical (unpaired) electrons. The highest BCUT2D eigenvalue weighted by Crippen LogP contribution is 2.17. The summed E-state index contributed by atoms with van der Waals surface area (Å²) in [7, 11) is 0. The third-order valence-corrected chi connectivity index (χ3v) is 3.98. The van der Waals surface area contributed by atoms with Crippen LogP contribution < -0.4 is 5.32 Å². The van der Waals surface area contributed by atoms with E-state index in [2.05, 4.69) is 5.32 Å². The average molecular weight is 252 g/mol. The van der Waals surface area contributed by atoms with Crippen LogP contribution in [0.15, 0.2) is 0 Å². The molecule has 18 heavy (non-hydrogen) atoms. The second-order valence-corrected chi connectivity index (χ2v) is 5.53. The van der Waals surface area contributed by atoms with E-state index in [0.29, 0.717) is 12.5 Å². The van der Waals surface area contributed by atoms with Gasteiger partial charge in [-0.05, 0) is 25.7 Å². The second kappa shape index (κ2) is 6.76. The maximum absolute atomic E-state index is 11.9. The highest BCUT2D eigenvalue weighted by molar-refractivity contribution is 5.85. The van der Waals surface area contributed by atoms with E-state index in [-0.39, 0.29) is 18.4 Å². The second-order valence-electron chi connectivity index (χ2n) is 5.53. The Morgan fingerprint density at radius 1 is 1.11 bits per heavy atom. The minimum atomic E-state index is 0.0239. The minimum absolute atomic E-state index is 0.0239. The number of amides is 2. The Bertz CT molecular complexity index is 298. The van der Waals surface area contributed by atoms with Gasteiger partial charge in [-0.25, -0.2) is 0 Å². The molecule has 4 nitrogen and oxygen atoms in total. The molecular formula is C14H24N2O2. The molecule has 1 aliphatic carbocycles. The van der Waals surface area contributed by atoms with E-state index in [0.717, 1.165) is 38.6 Å². The van der Waals surface area contributed by atoms with Crippen molar-refractivity contribution in [2.24, 2.45) is 0 Å². The van der Waals surface area contributed by atoms with Crippen molar-refractivity contribution in [3.05, 3.63) is 0 Å². The summed E-state index contributed by atoms with van der Waals surface area (Å²) in [5.74, 6) is 0.173. The van der Waals surface area contributed by atoms with E-state index in [1.54, 1.807) is 4.90 Å². The first-order valence-electron chi connectivity index (χ1n) is 7.33. The Morgan fingerprint density at radius 3 is 2.61 bits per heavy atom. The van der Waals surface area contributed by atoms with Gasteiger partial charge in [0.15, 0.2) is 0 Å². The van der Waals surface area contributed by atoms with Gasteiger partial charge in [0.2, 0.25) is 11.8 Å². The summed E-state index contributed by atoms with van der Waals surface area (Å²) < 4.78 is 0. The van der Waals surface area contributed by atoms with Crippen LogP contribution in [0.5, 0.6) is 0 Å². The van der Waals surface area contributed by atoms with E-state index in [9.17, 15) is 9.59 Å². The lowest BCUT2D eigenvalue weighted by molar-refractivity contribution is -0.136. The maximum Gasteiger partial charge on any atom is 0.239 e. The summed E-state index contributed by atoms with van der Waals surface area (Å²) in [6, 6.07) is 0.349. The van der Waals surface area contributed by atoms with E-state index in [1.165, 1.54) is 19.3 Å². The number of carbonyl (C=O) groups excluding carboxylic acids is 2. The summed E-state index contributed by atoms with van der Waals surface area (Å²) in [6.07, 6.45) is 9.56. The number of hydrogen-bond acceptors (Lipinski definition) is 2. The number of rotatable bonds is 3. The summed E-state index contributed by atoms with van der Waals surface area (Å²) in [5.41, 5.74) is 0. The fourth-order valence-corrected chi connectivity index (χ4v) is 2.90. The van der Waals surface area contributed by atoms with Crippen molar-refractivity contribution >= 4 is 11.8 Å². The molecule has 0 atom stereocenters. The van der Waals surface area contributed by atoms with Gasteiger partial charge in [0.05, 0.1) is 6.54 Å². The van der Waals surface area contributed by atoms with Crippen LogP contribution in [-0.4, -0.2) is 35.8 Å². The minimum Gasteiger partial charge on any atom is -0.352 e. The van der Waals surface area contributed by atoms with E-state index >= 15 is 0 Å². The molecule has 0 aromatic carbocycles. The number of nitrogens with one attached hydrogen (secondary N) is 1. The fourth-order valence-electron chi connectivity index (χ4n) is 2.90. The molecule has 1 saturated carbocycles. The van der Waals surface area contributed by atoms with Crippen molar-refractivity contribution in [1.82, 2.24) is 10.2 Å². The monoisotopic (exact) mass is 252 g/mol. The lowest BCUT2D eigenvalue weighted by Gasteiger charge is -2.25. The first-order valence-corrected chi connectivity index (χ1v) is 7.33. The van der Waals surface area contributed by atoms with E-state index in [4.69, 9.17) is 0 Å². The van der Waals surface area contributed by atoms with Gasteiger partial charge in [-0.3, -0.25) is 9.59 Å². The zero-order chi connectivity index (χ0) is 12.8. The van der Waals surface area contributed by atoms with Crippen LogP contribution in [0.25, 0.3) is 0 Å². The third-order valence-electron chi connectivity index (χ3n) is 3.98. The van der Waals surface area contributed by atoms with E-state index < -0.39 is 0 Å². The van der Waals surface area contributed by atoms with Crippen LogP contribution in [0.1, 0.15) is 57.8 Å². The highest BCUT2D eigenvalue weighted by atomic mass is 16.2. The number of likely N-dealkylation sites (tertiary alicyclic amines) is 1. The van der Waals surface area contributed by atoms with Crippen LogP contribution in [0.4, 0.5) is 0 Å². The molecule has 0 aromatic rings. The molecule has 2 fully saturated rings. The molecule has 1 N–H and O–H groups in total. The largest absolute Gasteiger partial charge is 0.352 e. The smallest absolute Gasteiger partial charge is 0.239 e. The SMILES string of the molecule is O=C(CN1CCCCCCC1=O)NC1CCCC1. The van der Waals surface area contributed by atoms with Crippen LogP contribution in [-0.2, 0) is 9.59 Å². The number of carbonyl (C=O) groups is 2. The fraction of sp³-hybridized carbons (Fsp3) is 0.857. The van der Waals surface area contributed by atoms with Crippen LogP contribution in [0.3, 0.4) is 0 Å². The predicted octanol–water partition coefficient (Wildman–Crippen LogP) is 1.84. The highest BCUT2D eigenvalue weighted by Gasteiger charge is 2.21. The van der Waals surface area contributed by atoms with E-state index in [1.807, 2.05) is 0 Å². The Morgan fingerprint density at radius 2 is 1.83 bits per heavy atom. The van der Waals surface area contributed by atoms with Crippen LogP contribution in [0.2, 0.25) is 0 Å². The molecule has 2 aliphatic rings. The zero-order valence-electron chi connectivity index (χ0n) is 11.1.